The maximum absolute atomic E-state index is 12.6. The van der Waals surface area contributed by atoms with E-state index in [-0.39, 0.29) is 11.8 Å². The zero-order chi connectivity index (χ0) is 21.0. The third-order valence-electron chi connectivity index (χ3n) is 3.92. The second-order valence-corrected chi connectivity index (χ2v) is 6.78. The zero-order valence-electron chi connectivity index (χ0n) is 16.2. The summed E-state index contributed by atoms with van der Waals surface area (Å²) in [5, 5.41) is 6.38. The number of benzene rings is 2. The lowest BCUT2D eigenvalue weighted by Crippen LogP contribution is -2.17. The number of alkyl halides is 3. The Kier molecular flexibility index (Phi) is 5.91. The Morgan fingerprint density at radius 3 is 2.41 bits per heavy atom. The number of nitrogens with one attached hydrogen (secondary N) is 2. The quantitative estimate of drug-likeness (QED) is 0.536. The Morgan fingerprint density at radius 2 is 1.72 bits per heavy atom. The maximum Gasteiger partial charge on any atom is 0.573 e. The summed E-state index contributed by atoms with van der Waals surface area (Å²) in [5.74, 6) is 0.589. The van der Waals surface area contributed by atoms with Crippen molar-refractivity contribution in [2.75, 3.05) is 10.6 Å². The molecule has 0 fully saturated rings. The van der Waals surface area contributed by atoms with E-state index < -0.39 is 6.36 Å². The molecule has 29 heavy (non-hydrogen) atoms. The molecule has 0 saturated carbocycles. The topological polar surface area (TPSA) is 59.1 Å². The maximum atomic E-state index is 12.6. The molecule has 0 aliphatic heterocycles. The van der Waals surface area contributed by atoms with Crippen LogP contribution in [0.1, 0.15) is 19.4 Å². The molecule has 0 radical (unpaired) electrons. The first-order valence-electron chi connectivity index (χ1n) is 9.04. The summed E-state index contributed by atoms with van der Waals surface area (Å²) >= 11 is 0. The summed E-state index contributed by atoms with van der Waals surface area (Å²) in [6.07, 6.45) is -4.76. The Labute approximate surface area is 167 Å². The lowest BCUT2D eigenvalue weighted by atomic mass is 10.1. The van der Waals surface area contributed by atoms with Gasteiger partial charge in [0.15, 0.2) is 0 Å². The van der Waals surface area contributed by atoms with Gasteiger partial charge in [-0.15, -0.1) is 13.2 Å². The summed E-state index contributed by atoms with van der Waals surface area (Å²) in [6.45, 7) is 5.86. The van der Waals surface area contributed by atoms with Crippen LogP contribution in [0.2, 0.25) is 0 Å². The van der Waals surface area contributed by atoms with E-state index in [1.54, 1.807) is 12.1 Å². The van der Waals surface area contributed by atoms with Gasteiger partial charge in [0.1, 0.15) is 11.6 Å². The van der Waals surface area contributed by atoms with E-state index >= 15 is 0 Å². The van der Waals surface area contributed by atoms with Gasteiger partial charge in [-0.2, -0.15) is 4.98 Å². The van der Waals surface area contributed by atoms with Crippen molar-refractivity contribution in [2.24, 2.45) is 0 Å². The number of ether oxygens (including phenoxy) is 1. The number of aryl methyl sites for hydroxylation is 1. The average Bonchev–Trinajstić information content (AvgIpc) is 2.62. The highest BCUT2D eigenvalue weighted by atomic mass is 19.4. The molecule has 0 unspecified atom stereocenters. The molecule has 1 aromatic heterocycles. The first-order valence-corrected chi connectivity index (χ1v) is 9.04. The highest BCUT2D eigenvalue weighted by Gasteiger charge is 2.31. The number of halogens is 3. The van der Waals surface area contributed by atoms with E-state index in [9.17, 15) is 13.2 Å². The molecule has 152 valence electrons. The van der Waals surface area contributed by atoms with Crippen LogP contribution >= 0.6 is 0 Å². The molecule has 2 aromatic carbocycles. The van der Waals surface area contributed by atoms with E-state index in [1.165, 1.54) is 18.2 Å². The lowest BCUT2D eigenvalue weighted by molar-refractivity contribution is -0.274. The highest BCUT2D eigenvalue weighted by molar-refractivity contribution is 5.69. The van der Waals surface area contributed by atoms with Gasteiger partial charge < -0.3 is 15.4 Å². The molecule has 0 spiro atoms. The van der Waals surface area contributed by atoms with Crippen molar-refractivity contribution in [3.63, 3.8) is 0 Å². The average molecular weight is 402 g/mol. The normalized spacial score (nSPS) is 11.4. The molecule has 5 nitrogen and oxygen atoms in total. The standard InChI is InChI=1S/C21H21F3N4O/c1-13(2)25-20-27-18(15-8-6-9-16(11-15)29-21(22,23)24)12-19(28-20)26-17-10-5-4-7-14(17)3/h4-13H,1-3H3,(H2,25,26,27,28). The number of aromatic nitrogens is 2. The molecular formula is C21H21F3N4O. The smallest absolute Gasteiger partial charge is 0.406 e. The Morgan fingerprint density at radius 1 is 0.966 bits per heavy atom. The van der Waals surface area contributed by atoms with Crippen LogP contribution in [0.3, 0.4) is 0 Å². The van der Waals surface area contributed by atoms with Crippen LogP contribution in [-0.2, 0) is 0 Å². The van der Waals surface area contributed by atoms with Crippen LogP contribution < -0.4 is 15.4 Å². The van der Waals surface area contributed by atoms with Crippen LogP contribution in [0.25, 0.3) is 11.3 Å². The van der Waals surface area contributed by atoms with Gasteiger partial charge in [-0.1, -0.05) is 30.3 Å². The number of para-hydroxylation sites is 1. The van der Waals surface area contributed by atoms with Crippen LogP contribution in [0, 0.1) is 6.92 Å². The van der Waals surface area contributed by atoms with Gasteiger partial charge in [-0.3, -0.25) is 0 Å². The van der Waals surface area contributed by atoms with Crippen LogP contribution in [0.4, 0.5) is 30.6 Å². The second-order valence-electron chi connectivity index (χ2n) is 6.78. The molecule has 0 aliphatic carbocycles. The lowest BCUT2D eigenvalue weighted by Gasteiger charge is -2.15. The van der Waals surface area contributed by atoms with Gasteiger partial charge in [0, 0.05) is 23.4 Å². The minimum Gasteiger partial charge on any atom is -0.406 e. The molecule has 1 heterocycles. The summed E-state index contributed by atoms with van der Waals surface area (Å²) in [4.78, 5) is 8.92. The van der Waals surface area contributed by atoms with Gasteiger partial charge >= 0.3 is 6.36 Å². The third kappa shape index (κ3) is 5.84. The molecule has 0 bridgehead atoms. The predicted octanol–water partition coefficient (Wildman–Crippen LogP) is 5.91. The van der Waals surface area contributed by atoms with Gasteiger partial charge in [0.2, 0.25) is 5.95 Å². The molecule has 0 aliphatic rings. The summed E-state index contributed by atoms with van der Waals surface area (Å²) < 4.78 is 41.7. The van der Waals surface area contributed by atoms with Gasteiger partial charge in [0.05, 0.1) is 5.69 Å². The van der Waals surface area contributed by atoms with E-state index in [4.69, 9.17) is 0 Å². The fraction of sp³-hybridized carbons (Fsp3) is 0.238. The van der Waals surface area contributed by atoms with Crippen molar-refractivity contribution in [3.05, 3.63) is 60.2 Å². The molecule has 3 rings (SSSR count). The van der Waals surface area contributed by atoms with Crippen molar-refractivity contribution in [3.8, 4) is 17.0 Å². The Hall–Kier alpha value is -3.29. The fourth-order valence-electron chi connectivity index (χ4n) is 2.69. The van der Waals surface area contributed by atoms with Gasteiger partial charge in [-0.05, 0) is 44.5 Å². The fourth-order valence-corrected chi connectivity index (χ4v) is 2.69. The first-order chi connectivity index (χ1) is 13.7. The van der Waals surface area contributed by atoms with E-state index in [2.05, 4.69) is 25.3 Å². The Bertz CT molecular complexity index is 990. The second kappa shape index (κ2) is 8.38. The number of hydrogen-bond acceptors (Lipinski definition) is 5. The summed E-state index contributed by atoms with van der Waals surface area (Å²) in [5.41, 5.74) is 2.86. The number of nitrogens with zero attached hydrogens (tertiary/aromatic N) is 2. The molecule has 0 atom stereocenters. The van der Waals surface area contributed by atoms with Crippen LogP contribution in [-0.4, -0.2) is 22.4 Å². The van der Waals surface area contributed by atoms with Crippen molar-refractivity contribution in [1.82, 2.24) is 9.97 Å². The monoisotopic (exact) mass is 402 g/mol. The van der Waals surface area contributed by atoms with E-state index in [1.807, 2.05) is 45.0 Å². The molecule has 0 amide bonds. The van der Waals surface area contributed by atoms with E-state index in [0.29, 0.717) is 23.0 Å². The summed E-state index contributed by atoms with van der Waals surface area (Å²) in [7, 11) is 0. The molecule has 3 aromatic rings. The third-order valence-corrected chi connectivity index (χ3v) is 3.92. The molecular weight excluding hydrogens is 381 g/mol. The van der Waals surface area contributed by atoms with Gasteiger partial charge in [-0.25, -0.2) is 4.98 Å². The number of anilines is 3. The van der Waals surface area contributed by atoms with Crippen molar-refractivity contribution in [2.45, 2.75) is 33.2 Å². The van der Waals surface area contributed by atoms with Crippen LogP contribution in [0.15, 0.2) is 54.6 Å². The van der Waals surface area contributed by atoms with Crippen molar-refractivity contribution in [1.29, 1.82) is 0 Å². The largest absolute Gasteiger partial charge is 0.573 e. The highest BCUT2D eigenvalue weighted by Crippen LogP contribution is 2.29. The molecule has 8 heteroatoms. The summed E-state index contributed by atoms with van der Waals surface area (Å²) in [6, 6.07) is 15.2. The number of hydrogen-bond donors (Lipinski definition) is 2. The minimum absolute atomic E-state index is 0.0801. The van der Waals surface area contributed by atoms with Gasteiger partial charge in [0.25, 0.3) is 0 Å². The molecule has 0 saturated heterocycles. The van der Waals surface area contributed by atoms with Crippen LogP contribution in [0.5, 0.6) is 5.75 Å². The van der Waals surface area contributed by atoms with Crippen molar-refractivity contribution < 1.29 is 17.9 Å². The van der Waals surface area contributed by atoms with E-state index in [0.717, 1.165) is 11.3 Å². The minimum atomic E-state index is -4.76. The SMILES string of the molecule is Cc1ccccc1Nc1cc(-c2cccc(OC(F)(F)F)c2)nc(NC(C)C)n1. The zero-order valence-corrected chi connectivity index (χ0v) is 16.2. The molecule has 2 N–H and O–H groups in total. The number of rotatable bonds is 6. The first kappa shape index (κ1) is 20.4. The predicted molar refractivity (Wildman–Crippen MR) is 107 cm³/mol. The van der Waals surface area contributed by atoms with Crippen molar-refractivity contribution >= 4 is 17.5 Å². The Balaban J connectivity index is 1.99.